The lowest BCUT2D eigenvalue weighted by Crippen LogP contribution is -2.51. The summed E-state index contributed by atoms with van der Waals surface area (Å²) in [5, 5.41) is 20.2. The van der Waals surface area contributed by atoms with Gasteiger partial charge in [-0.25, -0.2) is 26.4 Å². The quantitative estimate of drug-likeness (QED) is 0.0599. The number of rotatable bonds is 15. The number of carboxylic acids is 1. The van der Waals surface area contributed by atoms with Crippen LogP contribution in [0.1, 0.15) is 36.1 Å². The minimum absolute atomic E-state index is 0.0202. The molecule has 0 spiro atoms. The van der Waals surface area contributed by atoms with Crippen LogP contribution in [0.5, 0.6) is 0 Å². The smallest absolute Gasteiger partial charge is 0.432 e. The number of carbonyl (C=O) groups excluding carboxylic acids is 1. The first kappa shape index (κ1) is 48.9. The van der Waals surface area contributed by atoms with Crippen molar-refractivity contribution in [3.63, 3.8) is 0 Å². The molecular formula is C42H42F6N4O10S2. The first-order chi connectivity index (χ1) is 29.8. The molecule has 2 atom stereocenters. The fourth-order valence-electron chi connectivity index (χ4n) is 6.97. The number of aromatic nitrogens is 2. The maximum Gasteiger partial charge on any atom is 0.432 e. The minimum atomic E-state index is -5.37. The Balaban J connectivity index is 0.000000241. The standard InChI is InChI=1S/2C21H21F3N2O5S/c1-3-31-19(27)20(28,21(22,23)24)17-13-26(12-14-7-5-4-6-8-14)18-11-15(9-10-16(17)18)25-32(2,29)30;1-3-31-20(19(27)28,21(22,23)24)17-13-26(12-14-7-5-4-6-8-14)18-11-15(9-10-16(17)18)25-32(2,29)30/h4-11,13,25,28H,3,12H2,1-2H3;4-11,13,25H,3,12H2,1-2H3,(H,27,28). The number of ether oxygens (including phenoxy) is 2. The van der Waals surface area contributed by atoms with Crippen LogP contribution in [0.25, 0.3) is 21.8 Å². The Labute approximate surface area is 363 Å². The van der Waals surface area contributed by atoms with E-state index in [1.54, 1.807) is 60.7 Å². The summed E-state index contributed by atoms with van der Waals surface area (Å²) in [6.45, 7) is 1.99. The second-order valence-corrected chi connectivity index (χ2v) is 17.9. The van der Waals surface area contributed by atoms with E-state index in [1.807, 2.05) is 0 Å². The summed E-state index contributed by atoms with van der Waals surface area (Å²) in [5.41, 5.74) is -6.66. The Bertz CT molecular complexity index is 2870. The molecule has 0 aliphatic rings. The Morgan fingerprint density at radius 2 is 1.06 bits per heavy atom. The molecule has 0 amide bonds. The zero-order valence-electron chi connectivity index (χ0n) is 34.4. The van der Waals surface area contributed by atoms with E-state index in [2.05, 4.69) is 14.2 Å². The molecule has 22 heteroatoms. The number of nitrogens with one attached hydrogen (secondary N) is 2. The number of nitrogens with zero attached hydrogens (tertiary/aromatic N) is 2. The van der Waals surface area contributed by atoms with Gasteiger partial charge in [-0.3, -0.25) is 9.44 Å². The van der Waals surface area contributed by atoms with Gasteiger partial charge in [-0.15, -0.1) is 0 Å². The third-order valence-corrected chi connectivity index (χ3v) is 10.8. The number of esters is 1. The molecule has 6 rings (SSSR count). The van der Waals surface area contributed by atoms with Gasteiger partial charge in [0.25, 0.3) is 11.2 Å². The summed E-state index contributed by atoms with van der Waals surface area (Å²) in [6, 6.07) is 25.3. The third-order valence-electron chi connectivity index (χ3n) is 9.57. The number of benzene rings is 4. The molecular weight excluding hydrogens is 899 g/mol. The third kappa shape index (κ3) is 10.5. The van der Waals surface area contributed by atoms with Crippen molar-refractivity contribution in [1.82, 2.24) is 9.13 Å². The first-order valence-electron chi connectivity index (χ1n) is 19.0. The molecule has 4 aromatic carbocycles. The molecule has 0 saturated heterocycles. The molecule has 14 nitrogen and oxygen atoms in total. The van der Waals surface area contributed by atoms with Crippen LogP contribution in [0, 0.1) is 0 Å². The molecule has 2 heterocycles. The summed E-state index contributed by atoms with van der Waals surface area (Å²) in [4.78, 5) is 24.3. The predicted octanol–water partition coefficient (Wildman–Crippen LogP) is 7.31. The number of anilines is 2. The van der Waals surface area contributed by atoms with Crippen molar-refractivity contribution in [3.05, 3.63) is 132 Å². The molecule has 0 saturated carbocycles. The molecule has 64 heavy (non-hydrogen) atoms. The maximum absolute atomic E-state index is 14.2. The van der Waals surface area contributed by atoms with E-state index >= 15 is 0 Å². The van der Waals surface area contributed by atoms with E-state index in [4.69, 9.17) is 4.74 Å². The first-order valence-corrected chi connectivity index (χ1v) is 22.7. The molecule has 0 radical (unpaired) electrons. The molecule has 6 aromatic rings. The van der Waals surface area contributed by atoms with Crippen molar-refractivity contribution in [1.29, 1.82) is 0 Å². The number of halogens is 6. The topological polar surface area (TPSA) is 195 Å². The highest BCUT2D eigenvalue weighted by Gasteiger charge is 2.65. The van der Waals surface area contributed by atoms with E-state index < -0.39 is 73.3 Å². The lowest BCUT2D eigenvalue weighted by molar-refractivity contribution is -0.279. The van der Waals surface area contributed by atoms with Crippen molar-refractivity contribution in [2.75, 3.05) is 35.2 Å². The van der Waals surface area contributed by atoms with E-state index in [1.165, 1.54) is 59.4 Å². The second-order valence-electron chi connectivity index (χ2n) is 14.4. The average Bonchev–Trinajstić information content (AvgIpc) is 3.72. The fourth-order valence-corrected chi connectivity index (χ4v) is 8.08. The molecule has 0 aliphatic carbocycles. The van der Waals surface area contributed by atoms with Crippen molar-refractivity contribution in [2.45, 2.75) is 50.5 Å². The SMILES string of the molecule is CCOC(=O)C(O)(c1cn(Cc2ccccc2)c2cc(NS(C)(=O)=O)ccc12)C(F)(F)F.CCOC(C(=O)O)(c1cn(Cc2ccccc2)c2cc(NS(C)(=O)=O)ccc12)C(F)(F)F. The second kappa shape index (κ2) is 18.6. The summed E-state index contributed by atoms with van der Waals surface area (Å²) >= 11 is 0. The lowest BCUT2D eigenvalue weighted by Gasteiger charge is -2.31. The number of aliphatic carboxylic acids is 1. The molecule has 0 fully saturated rings. The Kier molecular flexibility index (Phi) is 14.2. The number of fused-ring (bicyclic) bond motifs is 2. The molecule has 344 valence electrons. The Morgan fingerprint density at radius 1 is 0.641 bits per heavy atom. The summed E-state index contributed by atoms with van der Waals surface area (Å²) in [7, 11) is -7.29. The van der Waals surface area contributed by atoms with Gasteiger partial charge in [0.2, 0.25) is 20.0 Å². The summed E-state index contributed by atoms with van der Waals surface area (Å²) < 4.78 is 148. The van der Waals surface area contributed by atoms with Crippen LogP contribution in [-0.2, 0) is 63.4 Å². The number of sulfonamides is 2. The fraction of sp³-hybridized carbons (Fsp3) is 0.286. The maximum atomic E-state index is 14.2. The van der Waals surface area contributed by atoms with Gasteiger partial charge in [0.15, 0.2) is 0 Å². The molecule has 4 N–H and O–H groups in total. The van der Waals surface area contributed by atoms with Crippen LogP contribution in [0.15, 0.2) is 109 Å². The Hall–Kier alpha value is -6.10. The van der Waals surface area contributed by atoms with Crippen molar-refractivity contribution < 1.29 is 72.5 Å². The highest BCUT2D eigenvalue weighted by Crippen LogP contribution is 2.47. The highest BCUT2D eigenvalue weighted by atomic mass is 32.2. The summed E-state index contributed by atoms with van der Waals surface area (Å²) in [5.74, 6) is -4.03. The van der Waals surface area contributed by atoms with Gasteiger partial charge >= 0.3 is 24.3 Å². The van der Waals surface area contributed by atoms with Crippen molar-refractivity contribution in [2.24, 2.45) is 0 Å². The minimum Gasteiger partial charge on any atom is -0.479 e. The number of carbonyl (C=O) groups is 2. The number of hydrogen-bond acceptors (Lipinski definition) is 9. The summed E-state index contributed by atoms with van der Waals surface area (Å²) in [6.07, 6.45) is -6.61. The van der Waals surface area contributed by atoms with Crippen LogP contribution < -0.4 is 9.44 Å². The number of carboxylic acid groups (broad SMARTS) is 1. The molecule has 2 aromatic heterocycles. The number of aliphatic hydroxyl groups is 1. The van der Waals surface area contributed by atoms with Crippen LogP contribution in [0.2, 0.25) is 0 Å². The monoisotopic (exact) mass is 940 g/mol. The Morgan fingerprint density at radius 3 is 1.42 bits per heavy atom. The lowest BCUT2D eigenvalue weighted by atomic mass is 9.92. The van der Waals surface area contributed by atoms with Crippen molar-refractivity contribution in [3.8, 4) is 0 Å². The molecule has 0 aliphatic heterocycles. The van der Waals surface area contributed by atoms with Gasteiger partial charge in [-0.05, 0) is 49.2 Å². The normalized spacial score (nSPS) is 14.2. The van der Waals surface area contributed by atoms with E-state index in [9.17, 15) is 63.0 Å². The molecule has 2 unspecified atom stereocenters. The van der Waals surface area contributed by atoms with E-state index in [0.717, 1.165) is 36.0 Å². The van der Waals surface area contributed by atoms with Gasteiger partial charge in [-0.2, -0.15) is 26.3 Å². The number of hydrogen-bond donors (Lipinski definition) is 4. The molecule has 0 bridgehead atoms. The van der Waals surface area contributed by atoms with Crippen LogP contribution in [0.4, 0.5) is 37.7 Å². The average molecular weight is 941 g/mol. The van der Waals surface area contributed by atoms with Gasteiger partial charge in [-0.1, -0.05) is 72.8 Å². The number of alkyl halides is 6. The van der Waals surface area contributed by atoms with Crippen LogP contribution >= 0.6 is 0 Å². The van der Waals surface area contributed by atoms with Gasteiger partial charge in [0.05, 0.1) is 41.5 Å². The van der Waals surface area contributed by atoms with Crippen LogP contribution in [0.3, 0.4) is 0 Å². The van der Waals surface area contributed by atoms with Gasteiger partial charge in [0, 0.05) is 54.0 Å². The van der Waals surface area contributed by atoms with Crippen molar-refractivity contribution >= 4 is 65.2 Å². The van der Waals surface area contributed by atoms with Crippen LogP contribution in [-0.4, -0.2) is 86.2 Å². The largest absolute Gasteiger partial charge is 0.479 e. The van der Waals surface area contributed by atoms with E-state index in [-0.39, 0.29) is 52.9 Å². The van der Waals surface area contributed by atoms with E-state index in [0.29, 0.717) is 0 Å². The van der Waals surface area contributed by atoms with Gasteiger partial charge < -0.3 is 28.8 Å². The zero-order chi connectivity index (χ0) is 47.5. The highest BCUT2D eigenvalue weighted by molar-refractivity contribution is 7.92. The van der Waals surface area contributed by atoms with Gasteiger partial charge in [0.1, 0.15) is 0 Å². The zero-order valence-corrected chi connectivity index (χ0v) is 36.0. The predicted molar refractivity (Wildman–Crippen MR) is 225 cm³/mol.